The van der Waals surface area contributed by atoms with Crippen molar-refractivity contribution in [2.75, 3.05) is 0 Å². The summed E-state index contributed by atoms with van der Waals surface area (Å²) in [5.41, 5.74) is 2.96. The summed E-state index contributed by atoms with van der Waals surface area (Å²) in [5, 5.41) is 12.4. The molecular formula is C21H23BrO2. The highest BCUT2D eigenvalue weighted by Crippen LogP contribution is 2.45. The molecule has 24 heavy (non-hydrogen) atoms. The predicted molar refractivity (Wildman–Crippen MR) is 104 cm³/mol. The van der Waals surface area contributed by atoms with E-state index < -0.39 is 0 Å². The molecule has 0 unspecified atom stereocenters. The monoisotopic (exact) mass is 386 g/mol. The Labute approximate surface area is 151 Å². The lowest BCUT2D eigenvalue weighted by Crippen LogP contribution is -2.21. The summed E-state index contributed by atoms with van der Waals surface area (Å²) in [7, 11) is 0. The molecule has 3 heteroatoms. The average molecular weight is 387 g/mol. The standard InChI is InChI=1S/C21H23BrO2/c1-20(2,3)15-7-11-8-16(21(4,5)6)19(24)14-10-12(22)9-13(17(11)14)18(15)23/h7-10,23H,1-6H3. The van der Waals surface area contributed by atoms with Gasteiger partial charge in [-0.3, -0.25) is 4.79 Å². The molecule has 0 aromatic heterocycles. The number of halogens is 1. The normalized spacial score (nSPS) is 15.0. The molecule has 126 valence electrons. The fraction of sp³-hybridized carbons (Fsp3) is 0.381. The van der Waals surface area contributed by atoms with E-state index in [1.807, 2.05) is 24.3 Å². The Bertz CT molecular complexity index is 906. The summed E-state index contributed by atoms with van der Waals surface area (Å²) in [6.07, 6.45) is 2.00. The maximum Gasteiger partial charge on any atom is 0.190 e. The van der Waals surface area contributed by atoms with E-state index in [-0.39, 0.29) is 22.4 Å². The van der Waals surface area contributed by atoms with Crippen molar-refractivity contribution in [1.29, 1.82) is 0 Å². The molecule has 0 saturated heterocycles. The Kier molecular flexibility index (Phi) is 3.72. The van der Waals surface area contributed by atoms with E-state index in [1.165, 1.54) is 0 Å². The number of phenols is 1. The average Bonchev–Trinajstić information content (AvgIpc) is 2.42. The van der Waals surface area contributed by atoms with E-state index in [4.69, 9.17) is 0 Å². The highest BCUT2D eigenvalue weighted by atomic mass is 79.9. The van der Waals surface area contributed by atoms with Gasteiger partial charge in [-0.05, 0) is 40.7 Å². The minimum atomic E-state index is -0.233. The zero-order chi connectivity index (χ0) is 18.0. The zero-order valence-corrected chi connectivity index (χ0v) is 16.6. The van der Waals surface area contributed by atoms with E-state index in [2.05, 4.69) is 57.5 Å². The number of hydrogen-bond donors (Lipinski definition) is 1. The van der Waals surface area contributed by atoms with Crippen LogP contribution in [-0.2, 0) is 5.41 Å². The van der Waals surface area contributed by atoms with Crippen LogP contribution in [0.25, 0.3) is 16.8 Å². The van der Waals surface area contributed by atoms with E-state index >= 15 is 0 Å². The molecule has 0 radical (unpaired) electrons. The SMILES string of the molecule is CC(C)(C)C1=Cc2cc(C(C)(C)C)c(O)c3cc(Br)cc(c23)C1=O. The van der Waals surface area contributed by atoms with Crippen LogP contribution < -0.4 is 0 Å². The minimum Gasteiger partial charge on any atom is -0.507 e. The van der Waals surface area contributed by atoms with Crippen molar-refractivity contribution in [3.63, 3.8) is 0 Å². The molecule has 1 aliphatic carbocycles. The molecule has 0 amide bonds. The molecule has 3 rings (SSSR count). The number of carbonyl (C=O) groups is 1. The number of ketones is 1. The first-order chi connectivity index (χ1) is 10.9. The summed E-state index contributed by atoms with van der Waals surface area (Å²) < 4.78 is 0.806. The molecule has 0 atom stereocenters. The predicted octanol–water partition coefficient (Wildman–Crippen LogP) is 6.23. The fourth-order valence-corrected chi connectivity index (χ4v) is 3.79. The fourth-order valence-electron chi connectivity index (χ4n) is 3.33. The first kappa shape index (κ1) is 17.2. The van der Waals surface area contributed by atoms with E-state index in [0.29, 0.717) is 5.56 Å². The quantitative estimate of drug-likeness (QED) is 0.582. The van der Waals surface area contributed by atoms with Gasteiger partial charge in [-0.15, -0.1) is 0 Å². The van der Waals surface area contributed by atoms with Gasteiger partial charge < -0.3 is 5.11 Å². The molecule has 0 bridgehead atoms. The topological polar surface area (TPSA) is 37.3 Å². The molecule has 0 aliphatic heterocycles. The van der Waals surface area contributed by atoms with Crippen LogP contribution >= 0.6 is 15.9 Å². The van der Waals surface area contributed by atoms with Crippen LogP contribution in [0.15, 0.2) is 28.2 Å². The molecule has 2 nitrogen and oxygen atoms in total. The number of benzene rings is 2. The van der Waals surface area contributed by atoms with Crippen LogP contribution in [0.4, 0.5) is 0 Å². The Balaban J connectivity index is 2.49. The second-order valence-corrected chi connectivity index (χ2v) is 9.54. The van der Waals surface area contributed by atoms with Gasteiger partial charge in [0.2, 0.25) is 0 Å². The number of aromatic hydroxyl groups is 1. The Morgan fingerprint density at radius 3 is 2.12 bits per heavy atom. The van der Waals surface area contributed by atoms with Gasteiger partial charge in [-0.25, -0.2) is 0 Å². The smallest absolute Gasteiger partial charge is 0.190 e. The number of hydrogen-bond acceptors (Lipinski definition) is 2. The maximum atomic E-state index is 13.0. The summed E-state index contributed by atoms with van der Waals surface area (Å²) in [6.45, 7) is 12.4. The molecule has 0 saturated carbocycles. The lowest BCUT2D eigenvalue weighted by Gasteiger charge is -2.29. The third kappa shape index (κ3) is 2.59. The molecule has 0 fully saturated rings. The molecule has 2 aromatic carbocycles. The zero-order valence-electron chi connectivity index (χ0n) is 15.0. The number of carbonyl (C=O) groups excluding carboxylic acids is 1. The molecule has 1 aliphatic rings. The second-order valence-electron chi connectivity index (χ2n) is 8.63. The first-order valence-corrected chi connectivity index (χ1v) is 8.97. The van der Waals surface area contributed by atoms with Gasteiger partial charge in [-0.1, -0.05) is 57.5 Å². The number of phenolic OH excluding ortho intramolecular Hbond substituents is 1. The van der Waals surface area contributed by atoms with Gasteiger partial charge in [0.25, 0.3) is 0 Å². The van der Waals surface area contributed by atoms with Crippen molar-refractivity contribution in [3.8, 4) is 5.75 Å². The molecular weight excluding hydrogens is 364 g/mol. The highest BCUT2D eigenvalue weighted by Gasteiger charge is 2.32. The van der Waals surface area contributed by atoms with Crippen molar-refractivity contribution in [1.82, 2.24) is 0 Å². The lowest BCUT2D eigenvalue weighted by molar-refractivity contribution is 0.101. The van der Waals surface area contributed by atoms with Crippen molar-refractivity contribution in [2.24, 2.45) is 5.41 Å². The van der Waals surface area contributed by atoms with E-state index in [1.54, 1.807) is 0 Å². The van der Waals surface area contributed by atoms with E-state index in [0.717, 1.165) is 31.9 Å². The molecule has 1 N–H and O–H groups in total. The van der Waals surface area contributed by atoms with Crippen molar-refractivity contribution in [3.05, 3.63) is 44.9 Å². The number of allylic oxidation sites excluding steroid dienone is 1. The number of rotatable bonds is 0. The largest absolute Gasteiger partial charge is 0.507 e. The molecule has 2 aromatic rings. The Hall–Kier alpha value is -1.61. The van der Waals surface area contributed by atoms with Gasteiger partial charge in [0, 0.05) is 31.9 Å². The molecule has 0 heterocycles. The van der Waals surface area contributed by atoms with Gasteiger partial charge in [0.1, 0.15) is 5.75 Å². The third-order valence-electron chi connectivity index (χ3n) is 4.61. The van der Waals surface area contributed by atoms with Crippen LogP contribution in [0.3, 0.4) is 0 Å². The summed E-state index contributed by atoms with van der Waals surface area (Å²) >= 11 is 3.50. The van der Waals surface area contributed by atoms with Crippen molar-refractivity contribution >= 4 is 38.6 Å². The van der Waals surface area contributed by atoms with Crippen LogP contribution in [0.1, 0.15) is 63.0 Å². The second kappa shape index (κ2) is 5.19. The highest BCUT2D eigenvalue weighted by molar-refractivity contribution is 9.10. The van der Waals surface area contributed by atoms with E-state index in [9.17, 15) is 9.90 Å². The van der Waals surface area contributed by atoms with Crippen molar-refractivity contribution < 1.29 is 9.90 Å². The minimum absolute atomic E-state index is 0.0456. The first-order valence-electron chi connectivity index (χ1n) is 8.18. The van der Waals surface area contributed by atoms with Crippen LogP contribution in [0, 0.1) is 5.41 Å². The Morgan fingerprint density at radius 2 is 1.58 bits per heavy atom. The van der Waals surface area contributed by atoms with Crippen LogP contribution in [0.5, 0.6) is 5.75 Å². The Morgan fingerprint density at radius 1 is 0.958 bits per heavy atom. The van der Waals surface area contributed by atoms with Gasteiger partial charge in [-0.2, -0.15) is 0 Å². The van der Waals surface area contributed by atoms with Gasteiger partial charge in [0.15, 0.2) is 5.78 Å². The summed E-state index contributed by atoms with van der Waals surface area (Å²) in [4.78, 5) is 13.0. The third-order valence-corrected chi connectivity index (χ3v) is 5.06. The van der Waals surface area contributed by atoms with Crippen molar-refractivity contribution in [2.45, 2.75) is 47.0 Å². The van der Waals surface area contributed by atoms with Crippen LogP contribution in [-0.4, -0.2) is 10.9 Å². The van der Waals surface area contributed by atoms with Gasteiger partial charge >= 0.3 is 0 Å². The lowest BCUT2D eigenvalue weighted by atomic mass is 9.75. The van der Waals surface area contributed by atoms with Crippen LogP contribution in [0.2, 0.25) is 0 Å². The van der Waals surface area contributed by atoms with Gasteiger partial charge in [0.05, 0.1) is 0 Å². The summed E-state index contributed by atoms with van der Waals surface area (Å²) in [6, 6.07) is 5.80. The number of Topliss-reactive ketones (excluding diaryl/α,β-unsaturated/α-hetero) is 1. The molecule has 0 spiro atoms. The summed E-state index contributed by atoms with van der Waals surface area (Å²) in [5.74, 6) is 0.313. The maximum absolute atomic E-state index is 13.0.